The van der Waals surface area contributed by atoms with E-state index in [0.717, 1.165) is 12.1 Å². The van der Waals surface area contributed by atoms with Crippen molar-refractivity contribution in [1.29, 1.82) is 0 Å². The minimum Gasteiger partial charge on any atom is -0.295 e. The van der Waals surface area contributed by atoms with Crippen molar-refractivity contribution in [1.82, 2.24) is 10.4 Å². The number of hydrazine groups is 1. The van der Waals surface area contributed by atoms with E-state index in [2.05, 4.69) is 15.8 Å². The van der Waals surface area contributed by atoms with Gasteiger partial charge in [-0.2, -0.15) is 0 Å². The van der Waals surface area contributed by atoms with Crippen LogP contribution in [0.3, 0.4) is 0 Å². The van der Waals surface area contributed by atoms with E-state index in [1.807, 2.05) is 0 Å². The number of carbonyl (C=O) groups is 1. The van der Waals surface area contributed by atoms with Crippen LogP contribution in [0.1, 0.15) is 10.4 Å². The second-order valence-electron chi connectivity index (χ2n) is 3.68. The van der Waals surface area contributed by atoms with Gasteiger partial charge >= 0.3 is 0 Å². The summed E-state index contributed by atoms with van der Waals surface area (Å²) < 4.78 is 26.1. The van der Waals surface area contributed by atoms with Crippen LogP contribution in [-0.2, 0) is 0 Å². The van der Waals surface area contributed by atoms with Crippen molar-refractivity contribution in [2.75, 3.05) is 5.43 Å². The molecule has 1 aromatic heterocycles. The van der Waals surface area contributed by atoms with Crippen molar-refractivity contribution >= 4 is 34.8 Å². The molecule has 0 radical (unpaired) electrons. The molecule has 0 bridgehead atoms. The largest absolute Gasteiger partial charge is 0.295 e. The predicted molar refractivity (Wildman–Crippen MR) is 71.7 cm³/mol. The van der Waals surface area contributed by atoms with E-state index in [0.29, 0.717) is 6.07 Å². The SMILES string of the molecule is O=C(NNc1c(Cl)cncc1Cl)c1ccc(F)cc1F. The molecule has 0 aliphatic heterocycles. The van der Waals surface area contributed by atoms with Gasteiger partial charge in [0.2, 0.25) is 0 Å². The van der Waals surface area contributed by atoms with E-state index in [4.69, 9.17) is 23.2 Å². The van der Waals surface area contributed by atoms with Crippen LogP contribution in [0.5, 0.6) is 0 Å². The highest BCUT2D eigenvalue weighted by Crippen LogP contribution is 2.27. The zero-order chi connectivity index (χ0) is 14.7. The first-order valence-corrected chi connectivity index (χ1v) is 6.05. The maximum Gasteiger partial charge on any atom is 0.272 e. The van der Waals surface area contributed by atoms with Crippen LogP contribution >= 0.6 is 23.2 Å². The van der Waals surface area contributed by atoms with Gasteiger partial charge in [0.25, 0.3) is 5.91 Å². The summed E-state index contributed by atoms with van der Waals surface area (Å²) in [5, 5.41) is 0.356. The Morgan fingerprint density at radius 1 is 1.15 bits per heavy atom. The molecule has 1 amide bonds. The Kier molecular flexibility index (Phi) is 4.36. The molecule has 1 heterocycles. The highest BCUT2D eigenvalue weighted by Gasteiger charge is 2.13. The summed E-state index contributed by atoms with van der Waals surface area (Å²) in [5.74, 6) is -2.55. The lowest BCUT2D eigenvalue weighted by atomic mass is 10.2. The Morgan fingerprint density at radius 3 is 2.40 bits per heavy atom. The fourth-order valence-electron chi connectivity index (χ4n) is 1.39. The number of hydrogen-bond acceptors (Lipinski definition) is 3. The zero-order valence-electron chi connectivity index (χ0n) is 9.75. The van der Waals surface area contributed by atoms with Gasteiger partial charge in [0.1, 0.15) is 11.6 Å². The number of amides is 1. The van der Waals surface area contributed by atoms with Gasteiger partial charge < -0.3 is 0 Å². The lowest BCUT2D eigenvalue weighted by Gasteiger charge is -2.11. The van der Waals surface area contributed by atoms with E-state index < -0.39 is 17.5 Å². The highest BCUT2D eigenvalue weighted by atomic mass is 35.5. The molecule has 0 saturated carbocycles. The first-order valence-electron chi connectivity index (χ1n) is 5.29. The van der Waals surface area contributed by atoms with Crippen molar-refractivity contribution in [3.8, 4) is 0 Å². The maximum atomic E-state index is 13.4. The lowest BCUT2D eigenvalue weighted by Crippen LogP contribution is -2.30. The van der Waals surface area contributed by atoms with E-state index in [1.165, 1.54) is 12.4 Å². The van der Waals surface area contributed by atoms with Crippen LogP contribution in [-0.4, -0.2) is 10.9 Å². The third kappa shape index (κ3) is 3.15. The van der Waals surface area contributed by atoms with Crippen molar-refractivity contribution < 1.29 is 13.6 Å². The molecule has 0 aliphatic carbocycles. The summed E-state index contributed by atoms with van der Waals surface area (Å²) in [6.45, 7) is 0. The van der Waals surface area contributed by atoms with Gasteiger partial charge in [-0.05, 0) is 12.1 Å². The average molecular weight is 318 g/mol. The number of hydrogen-bond donors (Lipinski definition) is 2. The Balaban J connectivity index is 2.13. The van der Waals surface area contributed by atoms with Gasteiger partial charge in [-0.15, -0.1) is 0 Å². The summed E-state index contributed by atoms with van der Waals surface area (Å²) in [6, 6.07) is 2.61. The number of carbonyl (C=O) groups excluding carboxylic acids is 1. The van der Waals surface area contributed by atoms with Crippen LogP contribution in [0.15, 0.2) is 30.6 Å². The summed E-state index contributed by atoms with van der Waals surface area (Å²) in [6.07, 6.45) is 2.64. The van der Waals surface area contributed by atoms with E-state index in [1.54, 1.807) is 0 Å². The Bertz CT molecular complexity index is 647. The molecule has 0 fully saturated rings. The Morgan fingerprint density at radius 2 is 1.80 bits per heavy atom. The van der Waals surface area contributed by atoms with E-state index in [-0.39, 0.29) is 21.3 Å². The molecule has 2 rings (SSSR count). The number of anilines is 1. The fourth-order valence-corrected chi connectivity index (χ4v) is 1.85. The van der Waals surface area contributed by atoms with Crippen molar-refractivity contribution in [3.05, 3.63) is 57.8 Å². The molecule has 0 unspecified atom stereocenters. The molecule has 2 N–H and O–H groups in total. The van der Waals surface area contributed by atoms with Crippen molar-refractivity contribution in [2.45, 2.75) is 0 Å². The lowest BCUT2D eigenvalue weighted by molar-refractivity contribution is 0.0958. The van der Waals surface area contributed by atoms with Crippen LogP contribution in [0, 0.1) is 11.6 Å². The first kappa shape index (κ1) is 14.5. The molecule has 0 atom stereocenters. The molecule has 104 valence electrons. The number of halogens is 4. The van der Waals surface area contributed by atoms with Gasteiger partial charge in [0.05, 0.1) is 21.3 Å². The minimum atomic E-state index is -0.976. The summed E-state index contributed by atoms with van der Waals surface area (Å²) >= 11 is 11.7. The number of pyridine rings is 1. The number of nitrogens with zero attached hydrogens (tertiary/aromatic N) is 1. The van der Waals surface area contributed by atoms with Gasteiger partial charge in [-0.25, -0.2) is 8.78 Å². The number of benzene rings is 1. The molecular weight excluding hydrogens is 311 g/mol. The molecule has 0 spiro atoms. The number of nitrogens with one attached hydrogen (secondary N) is 2. The molecule has 20 heavy (non-hydrogen) atoms. The number of rotatable bonds is 3. The quantitative estimate of drug-likeness (QED) is 0.853. The standard InChI is InChI=1S/C12H7Cl2F2N3O/c13-8-4-17-5-9(14)11(8)18-19-12(20)7-2-1-6(15)3-10(7)16/h1-5H,(H,17,18)(H,19,20). The topological polar surface area (TPSA) is 54.0 Å². The van der Waals surface area contributed by atoms with Crippen LogP contribution in [0.2, 0.25) is 10.0 Å². The van der Waals surface area contributed by atoms with Crippen LogP contribution in [0.4, 0.5) is 14.5 Å². The summed E-state index contributed by atoms with van der Waals surface area (Å²) in [4.78, 5) is 15.5. The van der Waals surface area contributed by atoms with Gasteiger partial charge in [-0.3, -0.25) is 20.6 Å². The monoisotopic (exact) mass is 317 g/mol. The summed E-state index contributed by atoms with van der Waals surface area (Å²) in [7, 11) is 0. The van der Waals surface area contributed by atoms with Crippen molar-refractivity contribution in [2.24, 2.45) is 0 Å². The third-order valence-electron chi connectivity index (χ3n) is 2.33. The molecule has 2 aromatic rings. The molecule has 0 aliphatic rings. The number of aromatic nitrogens is 1. The molecule has 8 heteroatoms. The molecule has 4 nitrogen and oxygen atoms in total. The van der Waals surface area contributed by atoms with Crippen LogP contribution in [0.25, 0.3) is 0 Å². The Hall–Kier alpha value is -1.92. The second kappa shape index (κ2) is 6.02. The third-order valence-corrected chi connectivity index (χ3v) is 2.90. The highest BCUT2D eigenvalue weighted by molar-refractivity contribution is 6.38. The minimum absolute atomic E-state index is 0.178. The maximum absolute atomic E-state index is 13.4. The average Bonchev–Trinajstić information content (AvgIpc) is 2.37. The smallest absolute Gasteiger partial charge is 0.272 e. The second-order valence-corrected chi connectivity index (χ2v) is 4.50. The van der Waals surface area contributed by atoms with Gasteiger partial charge in [-0.1, -0.05) is 23.2 Å². The Labute approximate surface area is 122 Å². The molecule has 1 aromatic carbocycles. The van der Waals surface area contributed by atoms with Crippen LogP contribution < -0.4 is 10.9 Å². The van der Waals surface area contributed by atoms with Gasteiger partial charge in [0, 0.05) is 18.5 Å². The fraction of sp³-hybridized carbons (Fsp3) is 0. The van der Waals surface area contributed by atoms with Crippen molar-refractivity contribution in [3.63, 3.8) is 0 Å². The molecule has 0 saturated heterocycles. The zero-order valence-corrected chi connectivity index (χ0v) is 11.3. The first-order chi connectivity index (χ1) is 9.49. The van der Waals surface area contributed by atoms with E-state index >= 15 is 0 Å². The van der Waals surface area contributed by atoms with E-state index in [9.17, 15) is 13.6 Å². The van der Waals surface area contributed by atoms with Gasteiger partial charge in [0.15, 0.2) is 0 Å². The summed E-state index contributed by atoms with van der Waals surface area (Å²) in [5.41, 5.74) is 4.57. The predicted octanol–water partition coefficient (Wildman–Crippen LogP) is 3.42. The normalized spacial score (nSPS) is 10.2. The molecular formula is C12H7Cl2F2N3O.